The second kappa shape index (κ2) is 5.24. The number of hydrogen-bond acceptors (Lipinski definition) is 3. The first-order valence-electron chi connectivity index (χ1n) is 5.94. The van der Waals surface area contributed by atoms with Gasteiger partial charge in [-0.15, -0.1) is 0 Å². The average Bonchev–Trinajstić information content (AvgIpc) is 2.72. The second-order valence-electron chi connectivity index (χ2n) is 4.34. The third-order valence-corrected chi connectivity index (χ3v) is 4.90. The van der Waals surface area contributed by atoms with Crippen molar-refractivity contribution in [3.8, 4) is 0 Å². The van der Waals surface area contributed by atoms with E-state index in [1.807, 2.05) is 0 Å². The van der Waals surface area contributed by atoms with Crippen molar-refractivity contribution in [3.63, 3.8) is 0 Å². The normalized spacial score (nSPS) is 14.9. The summed E-state index contributed by atoms with van der Waals surface area (Å²) in [5.41, 5.74) is 1.32. The van der Waals surface area contributed by atoms with Crippen molar-refractivity contribution >= 4 is 15.7 Å². The van der Waals surface area contributed by atoms with Crippen LogP contribution in [-0.4, -0.2) is 32.4 Å². The van der Waals surface area contributed by atoms with Crippen LogP contribution in [0.5, 0.6) is 0 Å². The maximum atomic E-state index is 13.2. The third kappa shape index (κ3) is 2.64. The minimum atomic E-state index is -3.41. The zero-order chi connectivity index (χ0) is 13.2. The molecule has 0 bridgehead atoms. The molecule has 0 amide bonds. The van der Waals surface area contributed by atoms with Crippen LogP contribution >= 0.6 is 0 Å². The number of aliphatic hydroxyl groups excluding tert-OH is 1. The molecule has 18 heavy (non-hydrogen) atoms. The zero-order valence-electron chi connectivity index (χ0n) is 9.97. The highest BCUT2D eigenvalue weighted by atomic mass is 32.2. The van der Waals surface area contributed by atoms with Gasteiger partial charge in [-0.05, 0) is 37.0 Å². The van der Waals surface area contributed by atoms with E-state index in [-0.39, 0.29) is 12.4 Å². The van der Waals surface area contributed by atoms with Crippen molar-refractivity contribution < 1.29 is 17.9 Å². The van der Waals surface area contributed by atoms with Crippen molar-refractivity contribution in [2.75, 3.05) is 23.2 Å². The summed E-state index contributed by atoms with van der Waals surface area (Å²) >= 11 is 0. The smallest absolute Gasteiger partial charge is 0.235 e. The Morgan fingerprint density at radius 2 is 2.11 bits per heavy atom. The summed E-state index contributed by atoms with van der Waals surface area (Å²) in [6.07, 6.45) is 1.50. The molecule has 1 aromatic rings. The lowest BCUT2D eigenvalue weighted by molar-refractivity contribution is 0.287. The molecule has 4 nitrogen and oxygen atoms in total. The van der Waals surface area contributed by atoms with E-state index < -0.39 is 15.8 Å². The van der Waals surface area contributed by atoms with Gasteiger partial charge in [0.2, 0.25) is 10.0 Å². The predicted octanol–water partition coefficient (Wildman–Crippen LogP) is 1.29. The van der Waals surface area contributed by atoms with E-state index in [1.54, 1.807) is 6.07 Å². The van der Waals surface area contributed by atoms with Gasteiger partial charge in [-0.3, -0.25) is 4.31 Å². The van der Waals surface area contributed by atoms with Crippen LogP contribution in [0.25, 0.3) is 0 Å². The maximum absolute atomic E-state index is 13.2. The Kier molecular flexibility index (Phi) is 3.87. The van der Waals surface area contributed by atoms with Crippen LogP contribution < -0.4 is 4.31 Å². The molecule has 2 rings (SSSR count). The van der Waals surface area contributed by atoms with Crippen molar-refractivity contribution in [3.05, 3.63) is 29.6 Å². The van der Waals surface area contributed by atoms with Gasteiger partial charge in [0.15, 0.2) is 0 Å². The molecule has 0 atom stereocenters. The van der Waals surface area contributed by atoms with Crippen LogP contribution in [0, 0.1) is 5.82 Å². The summed E-state index contributed by atoms with van der Waals surface area (Å²) in [4.78, 5) is 0. The minimum absolute atomic E-state index is 0.0104. The van der Waals surface area contributed by atoms with Crippen molar-refractivity contribution in [2.24, 2.45) is 0 Å². The van der Waals surface area contributed by atoms with Gasteiger partial charge in [0.1, 0.15) is 5.82 Å². The highest BCUT2D eigenvalue weighted by molar-refractivity contribution is 7.92. The molecule has 0 saturated carbocycles. The Hall–Kier alpha value is -1.14. The highest BCUT2D eigenvalue weighted by Gasteiger charge is 2.29. The fourth-order valence-electron chi connectivity index (χ4n) is 2.12. The number of sulfonamides is 1. The molecular formula is C12H16FNO3S. The molecule has 1 heterocycles. The quantitative estimate of drug-likeness (QED) is 0.822. The molecule has 0 aliphatic carbocycles. The summed E-state index contributed by atoms with van der Waals surface area (Å²) in [5.74, 6) is -0.435. The Bertz CT molecular complexity index is 530. The monoisotopic (exact) mass is 273 g/mol. The third-order valence-electron chi connectivity index (χ3n) is 3.05. The molecule has 0 aromatic heterocycles. The van der Waals surface area contributed by atoms with Gasteiger partial charge in [0.25, 0.3) is 0 Å². The van der Waals surface area contributed by atoms with Crippen LogP contribution in [0.4, 0.5) is 10.1 Å². The SMILES string of the molecule is O=S(=O)(CCCCO)N1CCc2ccc(F)cc21. The summed E-state index contributed by atoms with van der Waals surface area (Å²) in [6, 6.07) is 4.25. The Morgan fingerprint density at radius 3 is 2.83 bits per heavy atom. The maximum Gasteiger partial charge on any atom is 0.235 e. The topological polar surface area (TPSA) is 57.6 Å². The number of nitrogens with zero attached hydrogens (tertiary/aromatic N) is 1. The molecule has 0 spiro atoms. The van der Waals surface area contributed by atoms with Crippen LogP contribution in [0.15, 0.2) is 18.2 Å². The molecular weight excluding hydrogens is 257 g/mol. The standard InChI is InChI=1S/C12H16FNO3S/c13-11-4-3-10-5-6-14(12(10)9-11)18(16,17)8-2-1-7-15/h3-4,9,15H,1-2,5-8H2. The molecule has 6 heteroatoms. The second-order valence-corrected chi connectivity index (χ2v) is 6.35. The van der Waals surface area contributed by atoms with Gasteiger partial charge < -0.3 is 5.11 Å². The lowest BCUT2D eigenvalue weighted by Gasteiger charge is -2.19. The summed E-state index contributed by atoms with van der Waals surface area (Å²) < 4.78 is 38.7. The number of benzene rings is 1. The predicted molar refractivity (Wildman–Crippen MR) is 67.6 cm³/mol. The number of aliphatic hydroxyl groups is 1. The van der Waals surface area contributed by atoms with E-state index in [2.05, 4.69) is 0 Å². The van der Waals surface area contributed by atoms with Gasteiger partial charge in [0, 0.05) is 13.2 Å². The molecule has 0 saturated heterocycles. The van der Waals surface area contributed by atoms with Crippen LogP contribution in [-0.2, 0) is 16.4 Å². The Balaban J connectivity index is 2.19. The number of rotatable bonds is 5. The molecule has 100 valence electrons. The van der Waals surface area contributed by atoms with Gasteiger partial charge in [0.05, 0.1) is 11.4 Å². The molecule has 1 aromatic carbocycles. The molecule has 1 aliphatic rings. The van der Waals surface area contributed by atoms with Gasteiger partial charge in [-0.25, -0.2) is 12.8 Å². The van der Waals surface area contributed by atoms with Crippen LogP contribution in [0.1, 0.15) is 18.4 Å². The molecule has 0 radical (unpaired) electrons. The number of halogens is 1. The van der Waals surface area contributed by atoms with Crippen molar-refractivity contribution in [2.45, 2.75) is 19.3 Å². The first kappa shape index (κ1) is 13.3. The summed E-state index contributed by atoms with van der Waals surface area (Å²) in [5, 5.41) is 8.66. The van der Waals surface area contributed by atoms with E-state index in [0.29, 0.717) is 31.5 Å². The number of fused-ring (bicyclic) bond motifs is 1. The highest BCUT2D eigenvalue weighted by Crippen LogP contribution is 2.31. The van der Waals surface area contributed by atoms with E-state index in [4.69, 9.17) is 5.11 Å². The largest absolute Gasteiger partial charge is 0.396 e. The molecule has 0 fully saturated rings. The molecule has 1 N–H and O–H groups in total. The summed E-state index contributed by atoms with van der Waals surface area (Å²) in [7, 11) is -3.41. The fraction of sp³-hybridized carbons (Fsp3) is 0.500. The number of hydrogen-bond donors (Lipinski definition) is 1. The number of anilines is 1. The average molecular weight is 273 g/mol. The van der Waals surface area contributed by atoms with E-state index in [0.717, 1.165) is 5.56 Å². The van der Waals surface area contributed by atoms with E-state index >= 15 is 0 Å². The van der Waals surface area contributed by atoms with Crippen LogP contribution in [0.3, 0.4) is 0 Å². The number of unbranched alkanes of at least 4 members (excludes halogenated alkanes) is 1. The molecule has 0 unspecified atom stereocenters. The lowest BCUT2D eigenvalue weighted by Crippen LogP contribution is -2.31. The summed E-state index contributed by atoms with van der Waals surface area (Å²) in [6.45, 7) is 0.362. The van der Waals surface area contributed by atoms with Crippen molar-refractivity contribution in [1.29, 1.82) is 0 Å². The molecule has 1 aliphatic heterocycles. The lowest BCUT2D eigenvalue weighted by atomic mass is 10.2. The zero-order valence-corrected chi connectivity index (χ0v) is 10.8. The van der Waals surface area contributed by atoms with Crippen LogP contribution in [0.2, 0.25) is 0 Å². The Labute approximate surface area is 106 Å². The van der Waals surface area contributed by atoms with E-state index in [1.165, 1.54) is 16.4 Å². The first-order chi connectivity index (χ1) is 8.54. The van der Waals surface area contributed by atoms with Gasteiger partial charge >= 0.3 is 0 Å². The van der Waals surface area contributed by atoms with Crippen molar-refractivity contribution in [1.82, 2.24) is 0 Å². The Morgan fingerprint density at radius 1 is 1.33 bits per heavy atom. The fourth-order valence-corrected chi connectivity index (χ4v) is 3.75. The van der Waals surface area contributed by atoms with Gasteiger partial charge in [-0.1, -0.05) is 6.07 Å². The minimum Gasteiger partial charge on any atom is -0.396 e. The van der Waals surface area contributed by atoms with E-state index in [9.17, 15) is 12.8 Å². The van der Waals surface area contributed by atoms with Gasteiger partial charge in [-0.2, -0.15) is 0 Å². The first-order valence-corrected chi connectivity index (χ1v) is 7.55.